The summed E-state index contributed by atoms with van der Waals surface area (Å²) in [6.07, 6.45) is 6.00. The van der Waals surface area contributed by atoms with Crippen molar-refractivity contribution in [1.82, 2.24) is 0 Å². The van der Waals surface area contributed by atoms with Crippen LogP contribution < -0.4 is 0 Å². The summed E-state index contributed by atoms with van der Waals surface area (Å²) >= 11 is 0. The van der Waals surface area contributed by atoms with Gasteiger partial charge in [-0.25, -0.2) is 0 Å². The van der Waals surface area contributed by atoms with Gasteiger partial charge in [-0.2, -0.15) is 0 Å². The SMILES string of the molecule is CCCCCCC([SiH2]N=[N+]=[N-])[SiH2]N=[N+]=[N-].[LiH]. The number of hydrogen-bond donors (Lipinski definition) is 0. The first kappa shape index (κ1) is 18.0. The number of nitrogens with zero attached hydrogens (tertiary/aromatic N) is 6. The molecule has 0 unspecified atom stereocenters. The predicted octanol–water partition coefficient (Wildman–Crippen LogP) is 1.84. The van der Waals surface area contributed by atoms with Gasteiger partial charge in [0.05, 0.1) is 0 Å². The predicted molar refractivity (Wildman–Crippen MR) is 75.0 cm³/mol. The normalized spacial score (nSPS) is 12.1. The van der Waals surface area contributed by atoms with Gasteiger partial charge in [0.15, 0.2) is 0 Å². The van der Waals surface area contributed by atoms with E-state index in [9.17, 15) is 0 Å². The van der Waals surface area contributed by atoms with Gasteiger partial charge in [0.25, 0.3) is 0 Å². The molecule has 0 amide bonds. The van der Waals surface area contributed by atoms with Crippen molar-refractivity contribution in [2.75, 3.05) is 0 Å². The van der Waals surface area contributed by atoms with E-state index in [1.165, 1.54) is 25.7 Å². The molecule has 0 spiro atoms. The van der Waals surface area contributed by atoms with Crippen molar-refractivity contribution in [2.45, 2.75) is 44.2 Å². The van der Waals surface area contributed by atoms with E-state index < -0.39 is 19.4 Å². The fraction of sp³-hybridized carbons (Fsp3) is 1.00. The van der Waals surface area contributed by atoms with Crippen LogP contribution in [-0.4, -0.2) is 38.2 Å². The van der Waals surface area contributed by atoms with Crippen LogP contribution in [0.25, 0.3) is 20.9 Å². The van der Waals surface area contributed by atoms with Gasteiger partial charge in [-0.15, -0.1) is 9.56 Å². The Labute approximate surface area is 113 Å². The zero-order valence-electron chi connectivity index (χ0n) is 9.21. The van der Waals surface area contributed by atoms with Crippen LogP contribution in [0.4, 0.5) is 0 Å². The average Bonchev–Trinajstić information content (AvgIpc) is 2.27. The van der Waals surface area contributed by atoms with Gasteiger partial charge in [-0.1, -0.05) is 44.2 Å². The van der Waals surface area contributed by atoms with Crippen LogP contribution in [0.1, 0.15) is 39.0 Å². The molecule has 0 aromatic carbocycles. The van der Waals surface area contributed by atoms with Crippen LogP contribution in [0.3, 0.4) is 0 Å². The second kappa shape index (κ2) is 14.7. The van der Waals surface area contributed by atoms with Gasteiger partial charge in [0.1, 0.15) is 19.4 Å². The van der Waals surface area contributed by atoms with Gasteiger partial charge in [0.2, 0.25) is 0 Å². The first-order chi connectivity index (χ1) is 7.35. The van der Waals surface area contributed by atoms with E-state index in [1.54, 1.807) is 0 Å². The van der Waals surface area contributed by atoms with Crippen molar-refractivity contribution < 1.29 is 0 Å². The number of rotatable bonds is 9. The number of azide groups is 2. The van der Waals surface area contributed by atoms with Gasteiger partial charge < -0.3 is 0 Å². The summed E-state index contributed by atoms with van der Waals surface area (Å²) in [5, 5.41) is 0.480. The van der Waals surface area contributed by atoms with E-state index in [0.29, 0.717) is 5.16 Å². The minimum absolute atomic E-state index is 0. The molecule has 0 fully saturated rings. The summed E-state index contributed by atoms with van der Waals surface area (Å²) in [6, 6.07) is 0. The topological polar surface area (TPSA) is 97.5 Å². The molecule has 86 valence electrons. The third-order valence-electron chi connectivity index (χ3n) is 2.27. The zero-order chi connectivity index (χ0) is 11.4. The molecule has 0 rings (SSSR count). The third kappa shape index (κ3) is 11.7. The molecule has 0 N–H and O–H groups in total. The summed E-state index contributed by atoms with van der Waals surface area (Å²) in [5.74, 6) is 0. The van der Waals surface area contributed by atoms with E-state index in [2.05, 4.69) is 26.3 Å². The molecule has 0 aromatic rings. The van der Waals surface area contributed by atoms with Crippen LogP contribution in [0.5, 0.6) is 0 Å². The summed E-state index contributed by atoms with van der Waals surface area (Å²) in [7, 11) is -1.45. The average molecular weight is 250 g/mol. The minimum atomic E-state index is -0.724. The zero-order valence-corrected chi connectivity index (χ0v) is 12.0. The van der Waals surface area contributed by atoms with E-state index in [1.807, 2.05) is 0 Å². The summed E-state index contributed by atoms with van der Waals surface area (Å²) in [4.78, 5) is 5.60. The molecule has 6 nitrogen and oxygen atoms in total. The van der Waals surface area contributed by atoms with Gasteiger partial charge in [-0.05, 0) is 20.9 Å². The Bertz CT molecular complexity index is 231. The van der Waals surface area contributed by atoms with Gasteiger partial charge in [0, 0.05) is 0 Å². The molecule has 0 aliphatic heterocycles. The van der Waals surface area contributed by atoms with Crippen LogP contribution >= 0.6 is 0 Å². The monoisotopic (exact) mass is 250 g/mol. The Morgan fingerprint density at radius 2 is 1.62 bits per heavy atom. The molecule has 0 bridgehead atoms. The van der Waals surface area contributed by atoms with Crippen LogP contribution in [0.2, 0.25) is 5.16 Å². The van der Waals surface area contributed by atoms with E-state index in [-0.39, 0.29) is 18.9 Å². The Hall–Kier alpha value is -0.349. The Morgan fingerprint density at radius 1 is 1.06 bits per heavy atom. The molecule has 9 heteroatoms. The molecule has 16 heavy (non-hydrogen) atoms. The van der Waals surface area contributed by atoms with Crippen molar-refractivity contribution in [3.63, 3.8) is 0 Å². The van der Waals surface area contributed by atoms with Crippen molar-refractivity contribution in [1.29, 1.82) is 0 Å². The molecule has 0 aromatic heterocycles. The summed E-state index contributed by atoms with van der Waals surface area (Å²) in [5.41, 5.74) is 16.5. The molecule has 0 heterocycles. The van der Waals surface area contributed by atoms with Gasteiger partial charge >= 0.3 is 18.9 Å². The fourth-order valence-corrected chi connectivity index (χ4v) is 4.11. The van der Waals surface area contributed by atoms with E-state index >= 15 is 0 Å². The molecule has 0 saturated heterocycles. The molecule has 0 aliphatic rings. The van der Waals surface area contributed by atoms with Crippen molar-refractivity contribution in [3.8, 4) is 0 Å². The second-order valence-corrected chi connectivity index (χ2v) is 8.30. The van der Waals surface area contributed by atoms with Crippen LogP contribution in [-0.2, 0) is 0 Å². The van der Waals surface area contributed by atoms with Gasteiger partial charge in [-0.3, -0.25) is 0 Å². The van der Waals surface area contributed by atoms with Crippen molar-refractivity contribution >= 4 is 38.2 Å². The number of hydrogen-bond acceptors (Lipinski definition) is 2. The fourth-order valence-electron chi connectivity index (χ4n) is 1.40. The number of unbranched alkanes of at least 4 members (excludes halogenated alkanes) is 3. The Kier molecular flexibility index (Phi) is 16.5. The quantitative estimate of drug-likeness (QED) is 0.196. The molecular weight excluding hydrogens is 231 g/mol. The third-order valence-corrected chi connectivity index (χ3v) is 6.25. The summed E-state index contributed by atoms with van der Waals surface area (Å²) in [6.45, 7) is 2.18. The maximum absolute atomic E-state index is 8.26. The van der Waals surface area contributed by atoms with E-state index in [0.717, 1.165) is 6.42 Å². The standard InChI is InChI=1S/C7H18N6Si2.Li.H/c1-2-3-4-5-6-7(14-12-10-8)15-13-11-9;;/h7H,2-6,14-15H2,1H3;;. The van der Waals surface area contributed by atoms with Crippen LogP contribution in [0, 0.1) is 0 Å². The summed E-state index contributed by atoms with van der Waals surface area (Å²) < 4.78 is 7.39. The molecule has 0 saturated carbocycles. The molecular formula is C7H19LiN6Si2. The first-order valence-corrected chi connectivity index (χ1v) is 8.26. The Morgan fingerprint density at radius 3 is 2.06 bits per heavy atom. The first-order valence-electron chi connectivity index (χ1n) is 5.36. The van der Waals surface area contributed by atoms with Crippen LogP contribution in [0.15, 0.2) is 9.56 Å². The van der Waals surface area contributed by atoms with E-state index in [4.69, 9.17) is 11.1 Å². The Balaban J connectivity index is 0. The van der Waals surface area contributed by atoms with Crippen molar-refractivity contribution in [2.24, 2.45) is 9.56 Å². The molecule has 0 atom stereocenters. The maximum atomic E-state index is 8.26. The molecule has 0 aliphatic carbocycles. The van der Waals surface area contributed by atoms with Crippen molar-refractivity contribution in [3.05, 3.63) is 20.9 Å². The second-order valence-electron chi connectivity index (χ2n) is 3.54. The molecule has 0 radical (unpaired) electrons.